The quantitative estimate of drug-likeness (QED) is 0.140. The maximum atomic E-state index is 11.8. The Balaban J connectivity index is 1.27. The summed E-state index contributed by atoms with van der Waals surface area (Å²) >= 11 is 0. The zero-order chi connectivity index (χ0) is 26.9. The number of hydrogen-bond acceptors (Lipinski definition) is 8. The molecule has 0 N–H and O–H groups in total. The van der Waals surface area contributed by atoms with Crippen LogP contribution < -0.4 is 9.47 Å². The lowest BCUT2D eigenvalue weighted by Crippen LogP contribution is -2.10. The lowest BCUT2D eigenvalue weighted by atomic mass is 10.2. The summed E-state index contributed by atoms with van der Waals surface area (Å²) < 4.78 is 32.6. The molecule has 0 saturated heterocycles. The molecule has 0 aliphatic rings. The third-order valence-electron chi connectivity index (χ3n) is 5.29. The highest BCUT2D eigenvalue weighted by Gasteiger charge is 2.06. The minimum absolute atomic E-state index is 0.249. The fraction of sp³-hybridized carbons (Fsp3) is 0.533. The van der Waals surface area contributed by atoms with E-state index in [2.05, 4.69) is 0 Å². The first-order chi connectivity index (χ1) is 18.7. The van der Waals surface area contributed by atoms with Gasteiger partial charge in [0.1, 0.15) is 11.5 Å². The van der Waals surface area contributed by atoms with E-state index in [4.69, 9.17) is 28.4 Å². The summed E-state index contributed by atoms with van der Waals surface area (Å²) in [5.41, 5.74) is 0. The average molecular weight is 531 g/mol. The van der Waals surface area contributed by atoms with Crippen LogP contribution in [0, 0.1) is 0 Å². The van der Waals surface area contributed by atoms with Crippen molar-refractivity contribution in [1.29, 1.82) is 0 Å². The molecule has 38 heavy (non-hydrogen) atoms. The molecule has 0 aromatic heterocycles. The fourth-order valence-electron chi connectivity index (χ4n) is 3.32. The number of carbonyl (C=O) groups is 2. The number of carbonyl (C=O) groups excluding carboxylic acids is 2. The second kappa shape index (κ2) is 21.9. The number of unbranched alkanes of at least 4 members (excludes halogenated alkanes) is 1. The Hall–Kier alpha value is -3.10. The SMILES string of the molecule is O=C(CCCCC(=O)OCCCOCCCOc1ccccc1)OCCCOCCCOc1ccccc1. The molecule has 0 fully saturated rings. The molecule has 0 aliphatic heterocycles. The van der Waals surface area contributed by atoms with Crippen molar-refractivity contribution in [3.8, 4) is 11.5 Å². The van der Waals surface area contributed by atoms with Crippen LogP contribution in [0.1, 0.15) is 51.4 Å². The number of hydrogen-bond donors (Lipinski definition) is 0. The molecule has 0 bridgehead atoms. The normalized spacial score (nSPS) is 10.6. The van der Waals surface area contributed by atoms with Crippen LogP contribution in [0.15, 0.2) is 60.7 Å². The summed E-state index contributed by atoms with van der Waals surface area (Å²) in [5, 5.41) is 0. The van der Waals surface area contributed by atoms with Crippen LogP contribution in [0.4, 0.5) is 0 Å². The van der Waals surface area contributed by atoms with Crippen molar-refractivity contribution in [2.45, 2.75) is 51.4 Å². The zero-order valence-corrected chi connectivity index (χ0v) is 22.4. The van der Waals surface area contributed by atoms with Crippen molar-refractivity contribution < 1.29 is 38.0 Å². The highest BCUT2D eigenvalue weighted by atomic mass is 16.5. The van der Waals surface area contributed by atoms with Gasteiger partial charge in [0.2, 0.25) is 0 Å². The topological polar surface area (TPSA) is 89.5 Å². The molecular weight excluding hydrogens is 488 g/mol. The van der Waals surface area contributed by atoms with Gasteiger partial charge in [-0.3, -0.25) is 9.59 Å². The lowest BCUT2D eigenvalue weighted by Gasteiger charge is -2.08. The number of esters is 2. The Kier molecular flexibility index (Phi) is 18.0. The predicted molar refractivity (Wildman–Crippen MR) is 144 cm³/mol. The molecule has 0 unspecified atom stereocenters. The number of rotatable bonds is 23. The van der Waals surface area contributed by atoms with Gasteiger partial charge in [-0.1, -0.05) is 36.4 Å². The minimum atomic E-state index is -0.249. The Labute approximate surface area is 226 Å². The third kappa shape index (κ3) is 17.4. The van der Waals surface area contributed by atoms with Crippen molar-refractivity contribution in [3.05, 3.63) is 60.7 Å². The van der Waals surface area contributed by atoms with E-state index in [1.54, 1.807) is 0 Å². The van der Waals surface area contributed by atoms with Gasteiger partial charge in [-0.05, 0) is 37.1 Å². The standard InChI is InChI=1S/C30H42O8/c31-29(37-25-11-21-33-19-9-23-35-27-13-3-1-4-14-27)17-7-8-18-30(32)38-26-12-22-34-20-10-24-36-28-15-5-2-6-16-28/h1-6,13-16H,7-12,17-26H2. The van der Waals surface area contributed by atoms with E-state index in [-0.39, 0.29) is 11.9 Å². The number of para-hydroxylation sites is 2. The van der Waals surface area contributed by atoms with Gasteiger partial charge in [0.05, 0.1) is 26.4 Å². The molecule has 0 heterocycles. The second-order valence-corrected chi connectivity index (χ2v) is 8.61. The van der Waals surface area contributed by atoms with Crippen LogP contribution in [-0.2, 0) is 28.5 Å². The molecule has 210 valence electrons. The smallest absolute Gasteiger partial charge is 0.305 e. The second-order valence-electron chi connectivity index (χ2n) is 8.61. The monoisotopic (exact) mass is 530 g/mol. The molecule has 0 radical (unpaired) electrons. The van der Waals surface area contributed by atoms with Crippen LogP contribution in [0.5, 0.6) is 11.5 Å². The molecule has 0 saturated carbocycles. The first-order valence-corrected chi connectivity index (χ1v) is 13.6. The average Bonchev–Trinajstić information content (AvgIpc) is 2.94. The highest BCUT2D eigenvalue weighted by molar-refractivity contribution is 5.70. The maximum absolute atomic E-state index is 11.8. The summed E-state index contributed by atoms with van der Waals surface area (Å²) in [6.45, 7) is 4.17. The largest absolute Gasteiger partial charge is 0.494 e. The number of benzene rings is 2. The summed E-state index contributed by atoms with van der Waals surface area (Å²) in [7, 11) is 0. The minimum Gasteiger partial charge on any atom is -0.494 e. The van der Waals surface area contributed by atoms with Crippen molar-refractivity contribution >= 4 is 11.9 Å². The Morgan fingerprint density at radius 2 is 0.816 bits per heavy atom. The van der Waals surface area contributed by atoms with E-state index in [1.807, 2.05) is 60.7 Å². The molecule has 2 aromatic carbocycles. The molecule has 0 aliphatic carbocycles. The first-order valence-electron chi connectivity index (χ1n) is 13.6. The summed E-state index contributed by atoms with van der Waals surface area (Å²) in [5.74, 6) is 1.21. The Morgan fingerprint density at radius 3 is 1.21 bits per heavy atom. The van der Waals surface area contributed by atoms with E-state index in [9.17, 15) is 9.59 Å². The van der Waals surface area contributed by atoms with E-state index in [0.717, 1.165) is 24.3 Å². The van der Waals surface area contributed by atoms with Gasteiger partial charge >= 0.3 is 11.9 Å². The van der Waals surface area contributed by atoms with Crippen LogP contribution in [0.2, 0.25) is 0 Å². The van der Waals surface area contributed by atoms with Gasteiger partial charge in [-0.25, -0.2) is 0 Å². The van der Waals surface area contributed by atoms with Gasteiger partial charge in [0, 0.05) is 65.0 Å². The fourth-order valence-corrected chi connectivity index (χ4v) is 3.32. The van der Waals surface area contributed by atoms with Crippen LogP contribution in [0.3, 0.4) is 0 Å². The molecule has 2 aromatic rings. The summed E-state index contributed by atoms with van der Waals surface area (Å²) in [6.07, 6.45) is 4.71. The van der Waals surface area contributed by atoms with Gasteiger partial charge in [0.25, 0.3) is 0 Å². The van der Waals surface area contributed by atoms with Crippen molar-refractivity contribution in [2.75, 3.05) is 52.9 Å². The molecule has 0 spiro atoms. The molecule has 0 amide bonds. The first kappa shape index (κ1) is 31.1. The van der Waals surface area contributed by atoms with Crippen LogP contribution >= 0.6 is 0 Å². The van der Waals surface area contributed by atoms with E-state index in [0.29, 0.717) is 91.4 Å². The van der Waals surface area contributed by atoms with E-state index < -0.39 is 0 Å². The summed E-state index contributed by atoms with van der Waals surface area (Å²) in [6, 6.07) is 19.3. The molecular formula is C30H42O8. The van der Waals surface area contributed by atoms with Crippen molar-refractivity contribution in [3.63, 3.8) is 0 Å². The van der Waals surface area contributed by atoms with Gasteiger partial charge < -0.3 is 28.4 Å². The van der Waals surface area contributed by atoms with Gasteiger partial charge in [-0.15, -0.1) is 0 Å². The number of ether oxygens (including phenoxy) is 6. The van der Waals surface area contributed by atoms with Gasteiger partial charge in [-0.2, -0.15) is 0 Å². The van der Waals surface area contributed by atoms with Crippen molar-refractivity contribution in [2.24, 2.45) is 0 Å². The predicted octanol–water partition coefficient (Wildman–Crippen LogP) is 5.38. The Morgan fingerprint density at radius 1 is 0.447 bits per heavy atom. The van der Waals surface area contributed by atoms with Crippen molar-refractivity contribution in [1.82, 2.24) is 0 Å². The van der Waals surface area contributed by atoms with E-state index >= 15 is 0 Å². The van der Waals surface area contributed by atoms with Crippen LogP contribution in [-0.4, -0.2) is 64.8 Å². The highest BCUT2D eigenvalue weighted by Crippen LogP contribution is 2.09. The maximum Gasteiger partial charge on any atom is 0.305 e. The van der Waals surface area contributed by atoms with Gasteiger partial charge in [0.15, 0.2) is 0 Å². The molecule has 8 nitrogen and oxygen atoms in total. The Bertz CT molecular complexity index is 772. The molecule has 2 rings (SSSR count). The van der Waals surface area contributed by atoms with Crippen LogP contribution in [0.25, 0.3) is 0 Å². The molecule has 0 atom stereocenters. The third-order valence-corrected chi connectivity index (χ3v) is 5.29. The molecule has 8 heteroatoms. The van der Waals surface area contributed by atoms with E-state index in [1.165, 1.54) is 0 Å². The lowest BCUT2D eigenvalue weighted by molar-refractivity contribution is -0.146. The summed E-state index contributed by atoms with van der Waals surface area (Å²) in [4.78, 5) is 23.6. The zero-order valence-electron chi connectivity index (χ0n) is 22.4.